The molecule has 3 aromatic rings. The number of ether oxygens (including phenoxy) is 1. The first-order chi connectivity index (χ1) is 13.6. The molecule has 0 bridgehead atoms. The fraction of sp³-hybridized carbons (Fsp3) is 0.263. The van der Waals surface area contributed by atoms with Gasteiger partial charge in [0.05, 0.1) is 24.6 Å². The van der Waals surface area contributed by atoms with Crippen LogP contribution >= 0.6 is 0 Å². The van der Waals surface area contributed by atoms with E-state index in [9.17, 15) is 18.6 Å². The van der Waals surface area contributed by atoms with E-state index in [2.05, 4.69) is 14.9 Å². The van der Waals surface area contributed by atoms with Gasteiger partial charge in [-0.25, -0.2) is 8.42 Å². The lowest BCUT2D eigenvalue weighted by Gasteiger charge is -2.15. The SMILES string of the molecule is COc1ccc(-n2c(NS(C)(=O)=O)nnc2-c2cc(C(C)C)c(O)cc2O)cc1. The Kier molecular flexibility index (Phi) is 5.38. The topological polar surface area (TPSA) is 127 Å². The highest BCUT2D eigenvalue weighted by molar-refractivity contribution is 7.92. The molecule has 1 aromatic heterocycles. The van der Waals surface area contributed by atoms with Crippen LogP contribution < -0.4 is 9.46 Å². The van der Waals surface area contributed by atoms with Gasteiger partial charge in [-0.05, 0) is 41.8 Å². The molecule has 3 rings (SSSR count). The number of benzene rings is 2. The Morgan fingerprint density at radius 3 is 2.28 bits per heavy atom. The second kappa shape index (κ2) is 7.63. The number of sulfonamides is 1. The van der Waals surface area contributed by atoms with Crippen molar-refractivity contribution in [1.82, 2.24) is 14.8 Å². The predicted molar refractivity (Wildman–Crippen MR) is 109 cm³/mol. The third-order valence-corrected chi connectivity index (χ3v) is 4.83. The highest BCUT2D eigenvalue weighted by atomic mass is 32.2. The summed E-state index contributed by atoms with van der Waals surface area (Å²) in [6, 6.07) is 9.68. The molecular weight excluding hydrogens is 396 g/mol. The van der Waals surface area contributed by atoms with Crippen molar-refractivity contribution in [2.75, 3.05) is 18.1 Å². The van der Waals surface area contributed by atoms with Crippen LogP contribution in [0.2, 0.25) is 0 Å². The average Bonchev–Trinajstić information content (AvgIpc) is 3.03. The lowest BCUT2D eigenvalue weighted by atomic mass is 9.98. The third kappa shape index (κ3) is 4.27. The van der Waals surface area contributed by atoms with Crippen LogP contribution in [-0.2, 0) is 10.0 Å². The van der Waals surface area contributed by atoms with Gasteiger partial charge in [-0.15, -0.1) is 10.2 Å². The summed E-state index contributed by atoms with van der Waals surface area (Å²) in [5, 5.41) is 28.6. The largest absolute Gasteiger partial charge is 0.508 e. The standard InChI is InChI=1S/C19H22N4O5S/c1-11(2)14-9-15(17(25)10-16(14)24)18-20-21-19(22-29(4,26)27)23(18)12-5-7-13(28-3)8-6-12/h5-11,24-25H,1-4H3,(H,21,22). The zero-order valence-electron chi connectivity index (χ0n) is 16.4. The van der Waals surface area contributed by atoms with Gasteiger partial charge in [0, 0.05) is 6.07 Å². The van der Waals surface area contributed by atoms with Crippen LogP contribution in [0.1, 0.15) is 25.3 Å². The van der Waals surface area contributed by atoms with Gasteiger partial charge in [-0.3, -0.25) is 9.29 Å². The minimum atomic E-state index is -3.63. The molecule has 1 heterocycles. The molecule has 9 nitrogen and oxygen atoms in total. The van der Waals surface area contributed by atoms with Crippen molar-refractivity contribution in [1.29, 1.82) is 0 Å². The molecule has 0 amide bonds. The van der Waals surface area contributed by atoms with E-state index in [-0.39, 0.29) is 29.2 Å². The molecular formula is C19H22N4O5S. The van der Waals surface area contributed by atoms with Crippen molar-refractivity contribution >= 4 is 16.0 Å². The number of nitrogens with one attached hydrogen (secondary N) is 1. The van der Waals surface area contributed by atoms with Gasteiger partial charge >= 0.3 is 0 Å². The molecule has 10 heteroatoms. The molecule has 0 radical (unpaired) electrons. The van der Waals surface area contributed by atoms with Gasteiger partial charge in [-0.1, -0.05) is 13.8 Å². The van der Waals surface area contributed by atoms with Crippen molar-refractivity contribution in [2.45, 2.75) is 19.8 Å². The van der Waals surface area contributed by atoms with Crippen LogP contribution in [-0.4, -0.2) is 46.8 Å². The monoisotopic (exact) mass is 418 g/mol. The lowest BCUT2D eigenvalue weighted by molar-refractivity contribution is 0.414. The van der Waals surface area contributed by atoms with E-state index in [1.807, 2.05) is 13.8 Å². The summed E-state index contributed by atoms with van der Waals surface area (Å²) in [6.45, 7) is 3.81. The Balaban J connectivity index is 2.26. The van der Waals surface area contributed by atoms with E-state index in [4.69, 9.17) is 4.74 Å². The Labute approximate surface area is 168 Å². The number of phenolic OH excluding ortho intramolecular Hbond substituents is 2. The summed E-state index contributed by atoms with van der Waals surface area (Å²) in [5.74, 6) is 0.536. The van der Waals surface area contributed by atoms with Gasteiger partial charge in [-0.2, -0.15) is 0 Å². The highest BCUT2D eigenvalue weighted by Crippen LogP contribution is 2.38. The normalized spacial score (nSPS) is 11.6. The Hall–Kier alpha value is -3.27. The fourth-order valence-corrected chi connectivity index (χ4v) is 3.37. The predicted octanol–water partition coefficient (Wildman–Crippen LogP) is 2.85. The Morgan fingerprint density at radius 2 is 1.72 bits per heavy atom. The maximum atomic E-state index is 11.8. The van der Waals surface area contributed by atoms with Crippen LogP contribution in [0.15, 0.2) is 36.4 Å². The van der Waals surface area contributed by atoms with Crippen LogP contribution in [0.4, 0.5) is 5.95 Å². The number of aromatic nitrogens is 3. The first-order valence-electron chi connectivity index (χ1n) is 8.74. The number of nitrogens with zero attached hydrogens (tertiary/aromatic N) is 3. The van der Waals surface area contributed by atoms with Gasteiger partial charge in [0.2, 0.25) is 16.0 Å². The molecule has 154 valence electrons. The summed E-state index contributed by atoms with van der Waals surface area (Å²) in [6.07, 6.45) is 1.01. The molecule has 29 heavy (non-hydrogen) atoms. The van der Waals surface area contributed by atoms with E-state index in [0.29, 0.717) is 22.6 Å². The van der Waals surface area contributed by atoms with E-state index >= 15 is 0 Å². The Bertz CT molecular complexity index is 1140. The first kappa shape index (κ1) is 20.5. The molecule has 0 spiro atoms. The molecule has 0 atom stereocenters. The summed E-state index contributed by atoms with van der Waals surface area (Å²) < 4.78 is 32.6. The number of methoxy groups -OCH3 is 1. The number of rotatable bonds is 6. The van der Waals surface area contributed by atoms with Crippen LogP contribution in [0.5, 0.6) is 17.2 Å². The van der Waals surface area contributed by atoms with Crippen molar-refractivity contribution in [3.63, 3.8) is 0 Å². The van der Waals surface area contributed by atoms with Crippen LogP contribution in [0.25, 0.3) is 17.1 Å². The van der Waals surface area contributed by atoms with Gasteiger partial charge in [0.15, 0.2) is 5.82 Å². The Morgan fingerprint density at radius 1 is 1.07 bits per heavy atom. The average molecular weight is 418 g/mol. The minimum absolute atomic E-state index is 0.0136. The van der Waals surface area contributed by atoms with Crippen molar-refractivity contribution in [3.8, 4) is 34.3 Å². The van der Waals surface area contributed by atoms with Crippen LogP contribution in [0.3, 0.4) is 0 Å². The van der Waals surface area contributed by atoms with Crippen LogP contribution in [0, 0.1) is 0 Å². The fourth-order valence-electron chi connectivity index (χ4n) is 2.90. The first-order valence-corrected chi connectivity index (χ1v) is 10.6. The number of hydrogen-bond acceptors (Lipinski definition) is 7. The number of anilines is 1. The molecule has 3 N–H and O–H groups in total. The second-order valence-corrected chi connectivity index (χ2v) is 8.59. The maximum Gasteiger partial charge on any atom is 0.243 e. The molecule has 0 aliphatic heterocycles. The van der Waals surface area contributed by atoms with E-state index < -0.39 is 10.0 Å². The molecule has 0 saturated heterocycles. The third-order valence-electron chi connectivity index (χ3n) is 4.28. The number of phenols is 2. The van der Waals surface area contributed by atoms with E-state index in [0.717, 1.165) is 6.26 Å². The van der Waals surface area contributed by atoms with Gasteiger partial charge in [0.25, 0.3) is 0 Å². The van der Waals surface area contributed by atoms with Crippen molar-refractivity contribution in [2.24, 2.45) is 0 Å². The minimum Gasteiger partial charge on any atom is -0.508 e. The summed E-state index contributed by atoms with van der Waals surface area (Å²) in [5.41, 5.74) is 1.46. The summed E-state index contributed by atoms with van der Waals surface area (Å²) in [4.78, 5) is 0. The summed E-state index contributed by atoms with van der Waals surface area (Å²) >= 11 is 0. The zero-order valence-corrected chi connectivity index (χ0v) is 17.2. The number of aromatic hydroxyl groups is 2. The zero-order chi connectivity index (χ0) is 21.3. The molecule has 2 aromatic carbocycles. The van der Waals surface area contributed by atoms with Crippen molar-refractivity contribution < 1.29 is 23.4 Å². The second-order valence-electron chi connectivity index (χ2n) is 6.84. The molecule has 0 unspecified atom stereocenters. The highest BCUT2D eigenvalue weighted by Gasteiger charge is 2.22. The summed E-state index contributed by atoms with van der Waals surface area (Å²) in [7, 11) is -2.09. The quantitative estimate of drug-likeness (QED) is 0.562. The molecule has 0 aliphatic carbocycles. The van der Waals surface area contributed by atoms with E-state index in [1.165, 1.54) is 17.7 Å². The maximum absolute atomic E-state index is 11.8. The van der Waals surface area contributed by atoms with E-state index in [1.54, 1.807) is 30.3 Å². The van der Waals surface area contributed by atoms with Crippen molar-refractivity contribution in [3.05, 3.63) is 42.0 Å². The molecule has 0 saturated carbocycles. The van der Waals surface area contributed by atoms with Gasteiger partial charge in [0.1, 0.15) is 17.2 Å². The lowest BCUT2D eigenvalue weighted by Crippen LogP contribution is -2.14. The number of hydrogen-bond donors (Lipinski definition) is 3. The smallest absolute Gasteiger partial charge is 0.243 e. The van der Waals surface area contributed by atoms with Gasteiger partial charge < -0.3 is 14.9 Å². The molecule has 0 aliphatic rings. The molecule has 0 fully saturated rings.